The summed E-state index contributed by atoms with van der Waals surface area (Å²) in [6.07, 6.45) is 3.43. The molecule has 2 aliphatic heterocycles. The van der Waals surface area contributed by atoms with Gasteiger partial charge in [-0.25, -0.2) is 8.42 Å². The van der Waals surface area contributed by atoms with E-state index in [0.717, 1.165) is 0 Å². The third-order valence-corrected chi connectivity index (χ3v) is 7.04. The number of nitrogens with zero attached hydrogens (tertiary/aromatic N) is 1. The first-order valence-electron chi connectivity index (χ1n) is 6.53. The van der Waals surface area contributed by atoms with Gasteiger partial charge >= 0.3 is 0 Å². The molecule has 2 fully saturated rings. The highest BCUT2D eigenvalue weighted by molar-refractivity contribution is 7.93. The van der Waals surface area contributed by atoms with E-state index in [2.05, 4.69) is 0 Å². The summed E-state index contributed by atoms with van der Waals surface area (Å²) in [6.45, 7) is 0.938. The van der Waals surface area contributed by atoms with Gasteiger partial charge in [-0.3, -0.25) is 4.79 Å². The lowest BCUT2D eigenvalue weighted by atomic mass is 9.83. The summed E-state index contributed by atoms with van der Waals surface area (Å²) in [5, 5.41) is 0. The Bertz CT molecular complexity index is 601. The minimum atomic E-state index is -3.15. The summed E-state index contributed by atoms with van der Waals surface area (Å²) in [6, 6.07) is 1.59. The van der Waals surface area contributed by atoms with Gasteiger partial charge in [-0.15, -0.1) is 0 Å². The number of methoxy groups -OCH3 is 1. The molecule has 1 unspecified atom stereocenters. The molecule has 3 rings (SSSR count). The maximum Gasteiger partial charge on any atom is 0.257 e. The van der Waals surface area contributed by atoms with Gasteiger partial charge in [0.15, 0.2) is 9.84 Å². The molecule has 20 heavy (non-hydrogen) atoms. The number of ether oxygens (including phenoxy) is 1. The van der Waals surface area contributed by atoms with E-state index < -0.39 is 14.6 Å². The first-order chi connectivity index (χ1) is 9.50. The van der Waals surface area contributed by atoms with Crippen molar-refractivity contribution in [2.45, 2.75) is 11.2 Å². The number of furan rings is 1. The summed E-state index contributed by atoms with van der Waals surface area (Å²) in [5.74, 6) is -0.0112. The van der Waals surface area contributed by atoms with Crippen molar-refractivity contribution < 1.29 is 22.4 Å². The lowest BCUT2D eigenvalue weighted by Crippen LogP contribution is -2.68. The van der Waals surface area contributed by atoms with Crippen molar-refractivity contribution in [3.63, 3.8) is 0 Å². The number of rotatable bonds is 3. The van der Waals surface area contributed by atoms with Crippen LogP contribution in [-0.2, 0) is 14.6 Å². The Morgan fingerprint density at radius 1 is 1.55 bits per heavy atom. The van der Waals surface area contributed by atoms with E-state index in [0.29, 0.717) is 18.6 Å². The average Bonchev–Trinajstić information content (AvgIpc) is 2.94. The van der Waals surface area contributed by atoms with Gasteiger partial charge in [-0.2, -0.15) is 0 Å². The van der Waals surface area contributed by atoms with E-state index in [4.69, 9.17) is 9.15 Å². The largest absolute Gasteiger partial charge is 0.472 e. The van der Waals surface area contributed by atoms with Crippen LogP contribution in [0.1, 0.15) is 16.8 Å². The zero-order chi connectivity index (χ0) is 14.4. The molecule has 3 heterocycles. The van der Waals surface area contributed by atoms with Gasteiger partial charge in [-0.1, -0.05) is 0 Å². The highest BCUT2D eigenvalue weighted by Gasteiger charge is 2.62. The van der Waals surface area contributed by atoms with E-state index in [1.807, 2.05) is 0 Å². The van der Waals surface area contributed by atoms with E-state index in [-0.39, 0.29) is 30.7 Å². The molecule has 0 radical (unpaired) electrons. The fraction of sp³-hybridized carbons (Fsp3) is 0.615. The highest BCUT2D eigenvalue weighted by atomic mass is 32.2. The quantitative estimate of drug-likeness (QED) is 0.815. The average molecular weight is 299 g/mol. The Hall–Kier alpha value is -1.34. The topological polar surface area (TPSA) is 76.8 Å². The second-order valence-corrected chi connectivity index (χ2v) is 7.95. The first kappa shape index (κ1) is 13.6. The van der Waals surface area contributed by atoms with Crippen LogP contribution in [0.5, 0.6) is 0 Å². The zero-order valence-corrected chi connectivity index (χ0v) is 12.1. The minimum absolute atomic E-state index is 0.0223. The predicted octanol–water partition coefficient (Wildman–Crippen LogP) is 0.555. The Balaban J connectivity index is 1.78. The molecule has 0 aliphatic carbocycles. The summed E-state index contributed by atoms with van der Waals surface area (Å²) < 4.78 is 33.8. The van der Waals surface area contributed by atoms with Gasteiger partial charge in [0.25, 0.3) is 5.91 Å². The fourth-order valence-electron chi connectivity index (χ4n) is 3.22. The van der Waals surface area contributed by atoms with Crippen molar-refractivity contribution in [1.82, 2.24) is 4.90 Å². The second kappa shape index (κ2) is 4.60. The Kier molecular flexibility index (Phi) is 3.13. The lowest BCUT2D eigenvalue weighted by molar-refractivity contribution is 0.0336. The number of carbonyl (C=O) groups is 1. The normalized spacial score (nSPS) is 26.6. The summed E-state index contributed by atoms with van der Waals surface area (Å²) in [4.78, 5) is 13.7. The molecule has 1 amide bonds. The molecule has 0 saturated carbocycles. The molecule has 0 N–H and O–H groups in total. The van der Waals surface area contributed by atoms with E-state index in [9.17, 15) is 13.2 Å². The molecule has 2 saturated heterocycles. The molecule has 0 bridgehead atoms. The summed E-state index contributed by atoms with van der Waals surface area (Å²) in [7, 11) is -1.58. The van der Waals surface area contributed by atoms with E-state index in [1.54, 1.807) is 18.1 Å². The van der Waals surface area contributed by atoms with Crippen LogP contribution in [0.3, 0.4) is 0 Å². The number of likely N-dealkylation sites (tertiary alicyclic amines) is 1. The maximum atomic E-state index is 12.3. The van der Waals surface area contributed by atoms with Gasteiger partial charge < -0.3 is 14.1 Å². The molecule has 6 nitrogen and oxygen atoms in total. The van der Waals surface area contributed by atoms with Gasteiger partial charge in [0, 0.05) is 26.1 Å². The number of hydrogen-bond donors (Lipinski definition) is 0. The first-order valence-corrected chi connectivity index (χ1v) is 8.18. The highest BCUT2D eigenvalue weighted by Crippen LogP contribution is 2.45. The van der Waals surface area contributed by atoms with Crippen LogP contribution < -0.4 is 0 Å². The van der Waals surface area contributed by atoms with Crippen molar-refractivity contribution in [2.75, 3.05) is 32.6 Å². The van der Waals surface area contributed by atoms with Crippen molar-refractivity contribution in [3.8, 4) is 0 Å². The van der Waals surface area contributed by atoms with E-state index in [1.165, 1.54) is 12.5 Å². The predicted molar refractivity (Wildman–Crippen MR) is 71.1 cm³/mol. The van der Waals surface area contributed by atoms with Crippen LogP contribution in [0.15, 0.2) is 23.0 Å². The van der Waals surface area contributed by atoms with Crippen LogP contribution in [0.4, 0.5) is 0 Å². The van der Waals surface area contributed by atoms with E-state index >= 15 is 0 Å². The van der Waals surface area contributed by atoms with Crippen LogP contribution >= 0.6 is 0 Å². The third-order valence-electron chi connectivity index (χ3n) is 4.44. The number of hydrogen-bond acceptors (Lipinski definition) is 5. The Morgan fingerprint density at radius 3 is 2.90 bits per heavy atom. The van der Waals surface area contributed by atoms with Gasteiger partial charge in [0.2, 0.25) is 0 Å². The van der Waals surface area contributed by atoms with Crippen molar-refractivity contribution in [1.29, 1.82) is 0 Å². The molecular weight excluding hydrogens is 282 g/mol. The molecule has 1 aromatic rings. The standard InChI is InChI=1S/C13H17NO5S/c1-18-7-11-3-5-20(16,17)13(11)8-14(9-13)12(15)10-2-4-19-6-10/h2,4,6,11H,3,5,7-9H2,1H3. The second-order valence-electron chi connectivity index (χ2n) is 5.50. The molecule has 110 valence electrons. The van der Waals surface area contributed by atoms with Gasteiger partial charge in [0.05, 0.1) is 24.2 Å². The lowest BCUT2D eigenvalue weighted by Gasteiger charge is -2.49. The number of amides is 1. The monoisotopic (exact) mass is 299 g/mol. The van der Waals surface area contributed by atoms with Crippen LogP contribution in [0.25, 0.3) is 0 Å². The van der Waals surface area contributed by atoms with Crippen molar-refractivity contribution in [2.24, 2.45) is 5.92 Å². The van der Waals surface area contributed by atoms with Crippen LogP contribution in [0, 0.1) is 5.92 Å². The summed E-state index contributed by atoms with van der Waals surface area (Å²) >= 11 is 0. The fourth-order valence-corrected chi connectivity index (χ4v) is 5.62. The van der Waals surface area contributed by atoms with Gasteiger partial charge in [0.1, 0.15) is 11.0 Å². The molecular formula is C13H17NO5S. The van der Waals surface area contributed by atoms with Gasteiger partial charge in [-0.05, 0) is 12.5 Å². The zero-order valence-electron chi connectivity index (χ0n) is 11.2. The number of sulfone groups is 1. The Morgan fingerprint density at radius 2 is 2.30 bits per heavy atom. The molecule has 1 aromatic heterocycles. The van der Waals surface area contributed by atoms with Crippen LogP contribution in [-0.4, -0.2) is 56.5 Å². The third kappa shape index (κ3) is 1.80. The molecule has 1 atom stereocenters. The SMILES string of the molecule is COCC1CCS(=O)(=O)C12CN(C(=O)c1ccoc1)C2. The summed E-state index contributed by atoms with van der Waals surface area (Å²) in [5.41, 5.74) is 0.457. The smallest absolute Gasteiger partial charge is 0.257 e. The molecule has 0 aromatic carbocycles. The van der Waals surface area contributed by atoms with Crippen LogP contribution in [0.2, 0.25) is 0 Å². The molecule has 1 spiro atoms. The molecule has 2 aliphatic rings. The minimum Gasteiger partial charge on any atom is -0.472 e. The maximum absolute atomic E-state index is 12.3. The Labute approximate surface area is 117 Å². The number of carbonyl (C=O) groups excluding carboxylic acids is 1. The van der Waals surface area contributed by atoms with Crippen molar-refractivity contribution >= 4 is 15.7 Å². The van der Waals surface area contributed by atoms with Crippen molar-refractivity contribution in [3.05, 3.63) is 24.2 Å². The molecule has 7 heteroatoms.